The molecule has 1 aromatic rings. The van der Waals surface area contributed by atoms with Gasteiger partial charge in [0, 0.05) is 24.1 Å². The number of fused-ring (bicyclic) bond motifs is 1. The number of ether oxygens (including phenoxy) is 1. The van der Waals surface area contributed by atoms with Crippen molar-refractivity contribution in [2.45, 2.75) is 57.6 Å². The van der Waals surface area contributed by atoms with Crippen molar-refractivity contribution in [3.63, 3.8) is 0 Å². The van der Waals surface area contributed by atoms with E-state index < -0.39 is 5.60 Å². The van der Waals surface area contributed by atoms with Crippen molar-refractivity contribution >= 4 is 6.09 Å². The highest BCUT2D eigenvalue weighted by atomic mass is 16.6. The fourth-order valence-corrected chi connectivity index (χ4v) is 4.23. The summed E-state index contributed by atoms with van der Waals surface area (Å²) in [7, 11) is 0. The Labute approximate surface area is 150 Å². The monoisotopic (exact) mass is 341 g/mol. The summed E-state index contributed by atoms with van der Waals surface area (Å²) in [6.45, 7) is 4.95. The molecule has 1 aliphatic heterocycles. The number of aliphatic hydroxyl groups is 1. The van der Waals surface area contributed by atoms with Crippen molar-refractivity contribution in [2.24, 2.45) is 5.92 Å². The summed E-state index contributed by atoms with van der Waals surface area (Å²) in [5.41, 5.74) is 1.05. The maximum absolute atomic E-state index is 12.3. The van der Waals surface area contributed by atoms with Crippen LogP contribution in [-0.4, -0.2) is 40.9 Å². The lowest BCUT2D eigenvalue weighted by atomic mass is 9.68. The van der Waals surface area contributed by atoms with E-state index in [2.05, 4.69) is 11.8 Å². The third-order valence-corrected chi connectivity index (χ3v) is 5.39. The Hall–Kier alpha value is -1.99. The van der Waals surface area contributed by atoms with E-state index in [1.807, 2.05) is 43.0 Å². The number of hydrogen-bond donors (Lipinski definition) is 1. The molecule has 1 heterocycles. The van der Waals surface area contributed by atoms with Gasteiger partial charge in [-0.3, -0.25) is 0 Å². The molecule has 1 aromatic carbocycles. The van der Waals surface area contributed by atoms with Crippen LogP contribution >= 0.6 is 0 Å². The van der Waals surface area contributed by atoms with E-state index in [-0.39, 0.29) is 18.1 Å². The summed E-state index contributed by atoms with van der Waals surface area (Å²) in [4.78, 5) is 14.1. The highest BCUT2D eigenvalue weighted by Gasteiger charge is 2.48. The molecule has 1 saturated heterocycles. The number of piperidine rings is 1. The van der Waals surface area contributed by atoms with Gasteiger partial charge in [0.25, 0.3) is 0 Å². The number of nitrogens with zero attached hydrogens (tertiary/aromatic N) is 1. The Bertz CT molecular complexity index is 690. The molecule has 3 unspecified atom stereocenters. The van der Waals surface area contributed by atoms with Crippen LogP contribution in [0, 0.1) is 24.7 Å². The molecule has 0 radical (unpaired) electrons. The van der Waals surface area contributed by atoms with Crippen LogP contribution in [0.25, 0.3) is 0 Å². The zero-order valence-electron chi connectivity index (χ0n) is 15.1. The van der Waals surface area contributed by atoms with Crippen molar-refractivity contribution < 1.29 is 14.6 Å². The van der Waals surface area contributed by atoms with Gasteiger partial charge in [-0.05, 0) is 63.6 Å². The fraction of sp³-hybridized carbons (Fsp3) is 0.571. The van der Waals surface area contributed by atoms with Gasteiger partial charge in [0.15, 0.2) is 0 Å². The molecule has 1 amide bonds. The summed E-state index contributed by atoms with van der Waals surface area (Å²) < 4.78 is 5.21. The third-order valence-electron chi connectivity index (χ3n) is 5.39. The minimum atomic E-state index is -1.03. The average molecular weight is 341 g/mol. The number of benzene rings is 1. The third kappa shape index (κ3) is 3.82. The van der Waals surface area contributed by atoms with Gasteiger partial charge < -0.3 is 14.7 Å². The van der Waals surface area contributed by atoms with Gasteiger partial charge in [0.05, 0.1) is 6.61 Å². The van der Waals surface area contributed by atoms with Gasteiger partial charge in [0.1, 0.15) is 5.60 Å². The van der Waals surface area contributed by atoms with Crippen molar-refractivity contribution in [3.05, 3.63) is 35.4 Å². The highest BCUT2D eigenvalue weighted by molar-refractivity contribution is 5.68. The van der Waals surface area contributed by atoms with Crippen LogP contribution in [0.3, 0.4) is 0 Å². The largest absolute Gasteiger partial charge is 0.450 e. The number of aryl methyl sites for hydroxylation is 1. The molecule has 1 saturated carbocycles. The first-order chi connectivity index (χ1) is 12.0. The first kappa shape index (κ1) is 17.8. The van der Waals surface area contributed by atoms with Crippen LogP contribution in [0.4, 0.5) is 4.79 Å². The number of rotatable bonds is 1. The van der Waals surface area contributed by atoms with Crippen molar-refractivity contribution in [3.8, 4) is 11.8 Å². The second-order valence-corrected chi connectivity index (χ2v) is 7.14. The van der Waals surface area contributed by atoms with Crippen molar-refractivity contribution in [2.75, 3.05) is 13.2 Å². The van der Waals surface area contributed by atoms with Crippen molar-refractivity contribution in [1.29, 1.82) is 0 Å². The first-order valence-electron chi connectivity index (χ1n) is 9.29. The SMILES string of the molecule is CCOC(=O)N1CCCC2C1CCCC2(O)C#Cc1cccc(C)c1. The molecular weight excluding hydrogens is 314 g/mol. The maximum atomic E-state index is 12.3. The average Bonchev–Trinajstić information content (AvgIpc) is 2.60. The smallest absolute Gasteiger partial charge is 0.410 e. The van der Waals surface area contributed by atoms with Crippen LogP contribution in [0.2, 0.25) is 0 Å². The van der Waals surface area contributed by atoms with E-state index in [1.54, 1.807) is 0 Å². The molecule has 0 bridgehead atoms. The summed E-state index contributed by atoms with van der Waals surface area (Å²) in [5, 5.41) is 11.3. The summed E-state index contributed by atoms with van der Waals surface area (Å²) in [5.74, 6) is 6.32. The van der Waals surface area contributed by atoms with E-state index in [9.17, 15) is 9.90 Å². The lowest BCUT2D eigenvalue weighted by Gasteiger charge is -2.49. The van der Waals surface area contributed by atoms with Crippen LogP contribution in [0.15, 0.2) is 24.3 Å². The Balaban J connectivity index is 1.83. The predicted octanol–water partition coefficient (Wildman–Crippen LogP) is 3.50. The molecule has 2 aliphatic rings. The number of carbonyl (C=O) groups excluding carboxylic acids is 1. The molecular formula is C21H27NO3. The van der Waals surface area contributed by atoms with Crippen LogP contribution in [-0.2, 0) is 4.74 Å². The Morgan fingerprint density at radius 3 is 3.00 bits per heavy atom. The van der Waals surface area contributed by atoms with Crippen LogP contribution < -0.4 is 0 Å². The molecule has 0 aromatic heterocycles. The molecule has 3 rings (SSSR count). The normalized spacial score (nSPS) is 28.5. The summed E-state index contributed by atoms with van der Waals surface area (Å²) in [6, 6.07) is 8.04. The lowest BCUT2D eigenvalue weighted by Crippen LogP contribution is -2.58. The molecule has 2 fully saturated rings. The number of hydrogen-bond acceptors (Lipinski definition) is 3. The topological polar surface area (TPSA) is 49.8 Å². The minimum absolute atomic E-state index is 0.00304. The quantitative estimate of drug-likeness (QED) is 0.796. The minimum Gasteiger partial charge on any atom is -0.450 e. The molecule has 25 heavy (non-hydrogen) atoms. The molecule has 4 nitrogen and oxygen atoms in total. The highest BCUT2D eigenvalue weighted by Crippen LogP contribution is 2.42. The molecule has 4 heteroatoms. The Morgan fingerprint density at radius 1 is 1.40 bits per heavy atom. The van der Waals surface area contributed by atoms with Gasteiger partial charge in [-0.2, -0.15) is 0 Å². The van der Waals surface area contributed by atoms with E-state index in [1.165, 1.54) is 0 Å². The number of amides is 1. The molecule has 0 spiro atoms. The second-order valence-electron chi connectivity index (χ2n) is 7.14. The molecule has 3 atom stereocenters. The predicted molar refractivity (Wildman–Crippen MR) is 97.1 cm³/mol. The van der Waals surface area contributed by atoms with E-state index in [0.717, 1.165) is 36.8 Å². The van der Waals surface area contributed by atoms with Gasteiger partial charge >= 0.3 is 6.09 Å². The van der Waals surface area contributed by atoms with E-state index in [4.69, 9.17) is 4.74 Å². The summed E-state index contributed by atoms with van der Waals surface area (Å²) in [6.07, 6.45) is 3.99. The van der Waals surface area contributed by atoms with E-state index in [0.29, 0.717) is 19.6 Å². The zero-order chi connectivity index (χ0) is 17.9. The fourth-order valence-electron chi connectivity index (χ4n) is 4.23. The van der Waals surface area contributed by atoms with Gasteiger partial charge in [-0.25, -0.2) is 4.79 Å². The Morgan fingerprint density at radius 2 is 2.24 bits per heavy atom. The van der Waals surface area contributed by atoms with Gasteiger partial charge in [-0.15, -0.1) is 0 Å². The van der Waals surface area contributed by atoms with Gasteiger partial charge in [0.2, 0.25) is 0 Å². The Kier molecular flexibility index (Phi) is 5.34. The second kappa shape index (κ2) is 7.49. The maximum Gasteiger partial charge on any atom is 0.410 e. The molecule has 1 aliphatic carbocycles. The van der Waals surface area contributed by atoms with Crippen LogP contribution in [0.1, 0.15) is 50.2 Å². The standard InChI is InChI=1S/C21H27NO3/c1-3-25-20(23)22-14-6-9-18-19(22)10-5-12-21(18,24)13-11-17-8-4-7-16(2)15-17/h4,7-8,15,18-19,24H,3,5-6,9-10,12,14H2,1-2H3. The number of carbonyl (C=O) groups is 1. The summed E-state index contributed by atoms with van der Waals surface area (Å²) >= 11 is 0. The first-order valence-corrected chi connectivity index (χ1v) is 9.29. The number of likely N-dealkylation sites (tertiary alicyclic amines) is 1. The zero-order valence-corrected chi connectivity index (χ0v) is 15.1. The van der Waals surface area contributed by atoms with Gasteiger partial charge in [-0.1, -0.05) is 24.0 Å². The molecule has 134 valence electrons. The lowest BCUT2D eigenvalue weighted by molar-refractivity contribution is -0.0639. The molecule has 1 N–H and O–H groups in total. The van der Waals surface area contributed by atoms with E-state index >= 15 is 0 Å². The van der Waals surface area contributed by atoms with Crippen LogP contribution in [0.5, 0.6) is 0 Å². The van der Waals surface area contributed by atoms with Crippen molar-refractivity contribution in [1.82, 2.24) is 4.90 Å².